The largest absolute Gasteiger partial charge is 0.497 e. The zero-order valence-corrected chi connectivity index (χ0v) is 17.3. The van der Waals surface area contributed by atoms with Crippen LogP contribution < -0.4 is 15.4 Å². The highest BCUT2D eigenvalue weighted by Gasteiger charge is 2.24. The number of hydrogen-bond donors (Lipinski definition) is 2. The lowest BCUT2D eigenvalue weighted by molar-refractivity contribution is -0.134. The molecule has 0 bridgehead atoms. The molecule has 2 unspecified atom stereocenters. The van der Waals surface area contributed by atoms with E-state index in [0.29, 0.717) is 19.7 Å². The molecule has 1 aliphatic heterocycles. The zero-order valence-electron chi connectivity index (χ0n) is 15.7. The second-order valence-electron chi connectivity index (χ2n) is 5.82. The summed E-state index contributed by atoms with van der Waals surface area (Å²) in [5.41, 5.74) is 1.14. The van der Waals surface area contributed by atoms with Crippen molar-refractivity contribution in [1.29, 1.82) is 0 Å². The van der Waals surface area contributed by atoms with Crippen molar-refractivity contribution in [3.63, 3.8) is 0 Å². The number of rotatable bonds is 8. The maximum atomic E-state index is 12.3. The van der Waals surface area contributed by atoms with E-state index in [9.17, 15) is 4.79 Å². The predicted octanol–water partition coefficient (Wildman–Crippen LogP) is 2.03. The molecule has 2 N–H and O–H groups in total. The lowest BCUT2D eigenvalue weighted by Gasteiger charge is -2.31. The van der Waals surface area contributed by atoms with E-state index < -0.39 is 6.10 Å². The first kappa shape index (κ1) is 24.9. The highest BCUT2D eigenvalue weighted by Crippen LogP contribution is 2.23. The van der Waals surface area contributed by atoms with Crippen molar-refractivity contribution >= 4 is 30.7 Å². The highest BCUT2D eigenvalue weighted by molar-refractivity contribution is 5.85. The summed E-state index contributed by atoms with van der Waals surface area (Å²) in [6.45, 7) is 8.59. The Morgan fingerprint density at radius 3 is 2.69 bits per heavy atom. The average Bonchev–Trinajstić information content (AvgIpc) is 2.65. The molecule has 8 heteroatoms. The van der Waals surface area contributed by atoms with Crippen molar-refractivity contribution in [3.05, 3.63) is 29.8 Å². The van der Waals surface area contributed by atoms with Crippen molar-refractivity contribution in [1.82, 2.24) is 15.5 Å². The van der Waals surface area contributed by atoms with Crippen molar-refractivity contribution in [2.24, 2.45) is 0 Å². The number of nitrogens with one attached hydrogen (secondary N) is 2. The van der Waals surface area contributed by atoms with Crippen LogP contribution in [0.15, 0.2) is 24.3 Å². The van der Waals surface area contributed by atoms with Crippen LogP contribution in [0.3, 0.4) is 0 Å². The van der Waals surface area contributed by atoms with Gasteiger partial charge in [-0.25, -0.2) is 0 Å². The first-order valence-electron chi connectivity index (χ1n) is 8.67. The summed E-state index contributed by atoms with van der Waals surface area (Å²) in [4.78, 5) is 14.7. The van der Waals surface area contributed by atoms with E-state index in [4.69, 9.17) is 9.47 Å². The number of nitrogens with zero attached hydrogens (tertiary/aromatic N) is 1. The number of carbonyl (C=O) groups excluding carboxylic acids is 1. The third kappa shape index (κ3) is 6.93. The van der Waals surface area contributed by atoms with E-state index in [1.807, 2.05) is 18.2 Å². The molecular weight excluding hydrogens is 377 g/mol. The summed E-state index contributed by atoms with van der Waals surface area (Å²) in [6.07, 6.45) is -0.401. The zero-order chi connectivity index (χ0) is 17.4. The summed E-state index contributed by atoms with van der Waals surface area (Å²) in [7, 11) is 1.67. The molecule has 26 heavy (non-hydrogen) atoms. The Morgan fingerprint density at radius 1 is 1.38 bits per heavy atom. The number of methoxy groups -OCH3 is 1. The molecule has 150 valence electrons. The molecule has 0 saturated carbocycles. The van der Waals surface area contributed by atoms with Crippen molar-refractivity contribution in [2.45, 2.75) is 26.0 Å². The summed E-state index contributed by atoms with van der Waals surface area (Å²) < 4.78 is 10.9. The van der Waals surface area contributed by atoms with Crippen LogP contribution in [0, 0.1) is 0 Å². The smallest absolute Gasteiger partial charge is 0.250 e. The van der Waals surface area contributed by atoms with Crippen LogP contribution >= 0.6 is 24.8 Å². The summed E-state index contributed by atoms with van der Waals surface area (Å²) in [6, 6.07) is 8.14. The van der Waals surface area contributed by atoms with Gasteiger partial charge < -0.3 is 20.1 Å². The molecule has 2 atom stereocenters. The SMILES string of the molecule is CCN(CC)C(CNC(=O)C1CNCCO1)c1cccc(OC)c1.Cl.Cl. The molecule has 0 aromatic heterocycles. The Morgan fingerprint density at radius 2 is 2.12 bits per heavy atom. The summed E-state index contributed by atoms with van der Waals surface area (Å²) >= 11 is 0. The van der Waals surface area contributed by atoms with Crippen molar-refractivity contribution in [3.8, 4) is 5.75 Å². The molecule has 1 amide bonds. The molecule has 1 fully saturated rings. The maximum absolute atomic E-state index is 12.3. The molecule has 0 aliphatic carbocycles. The third-order valence-corrected chi connectivity index (χ3v) is 4.42. The van der Waals surface area contributed by atoms with Gasteiger partial charge in [0.2, 0.25) is 0 Å². The van der Waals surface area contributed by atoms with E-state index >= 15 is 0 Å². The fourth-order valence-electron chi connectivity index (χ4n) is 3.02. The monoisotopic (exact) mass is 407 g/mol. The van der Waals surface area contributed by atoms with Gasteiger partial charge in [0.05, 0.1) is 19.8 Å². The fourth-order valence-corrected chi connectivity index (χ4v) is 3.02. The van der Waals surface area contributed by atoms with E-state index in [-0.39, 0.29) is 36.8 Å². The minimum atomic E-state index is -0.401. The lowest BCUT2D eigenvalue weighted by atomic mass is 10.0. The Balaban J connectivity index is 0.00000312. The predicted molar refractivity (Wildman–Crippen MR) is 109 cm³/mol. The van der Waals surface area contributed by atoms with E-state index in [1.165, 1.54) is 0 Å². The van der Waals surface area contributed by atoms with Gasteiger partial charge in [0.1, 0.15) is 11.9 Å². The fraction of sp³-hybridized carbons (Fsp3) is 0.611. The Bertz CT molecular complexity index is 524. The molecule has 1 aliphatic rings. The van der Waals surface area contributed by atoms with Crippen LogP contribution in [0.5, 0.6) is 5.75 Å². The van der Waals surface area contributed by atoms with Gasteiger partial charge in [0.25, 0.3) is 5.91 Å². The van der Waals surface area contributed by atoms with Gasteiger partial charge in [-0.1, -0.05) is 26.0 Å². The molecule has 0 spiro atoms. The van der Waals surface area contributed by atoms with Crippen LogP contribution in [0.25, 0.3) is 0 Å². The second kappa shape index (κ2) is 13.2. The highest BCUT2D eigenvalue weighted by atomic mass is 35.5. The van der Waals surface area contributed by atoms with Crippen LogP contribution in [0.1, 0.15) is 25.5 Å². The van der Waals surface area contributed by atoms with Gasteiger partial charge in [-0.2, -0.15) is 0 Å². The number of amides is 1. The van der Waals surface area contributed by atoms with Crippen molar-refractivity contribution < 1.29 is 14.3 Å². The standard InChI is InChI=1S/C18H29N3O3.2ClH/c1-4-21(5-2)16(14-7-6-8-15(11-14)23-3)12-20-18(22)17-13-19-9-10-24-17;;/h6-8,11,16-17,19H,4-5,9-10,12-13H2,1-3H3,(H,20,22);2*1H. The van der Waals surface area contributed by atoms with Gasteiger partial charge in [-0.05, 0) is 30.8 Å². The maximum Gasteiger partial charge on any atom is 0.250 e. The normalized spacial score (nSPS) is 17.6. The van der Waals surface area contributed by atoms with Crippen LogP contribution in [0.2, 0.25) is 0 Å². The number of hydrogen-bond acceptors (Lipinski definition) is 5. The molecule has 1 aromatic rings. The molecule has 1 heterocycles. The van der Waals surface area contributed by atoms with E-state index in [2.05, 4.69) is 35.4 Å². The number of ether oxygens (including phenoxy) is 2. The van der Waals surface area contributed by atoms with Crippen molar-refractivity contribution in [2.75, 3.05) is 46.4 Å². The van der Waals surface area contributed by atoms with Gasteiger partial charge in [0, 0.05) is 19.6 Å². The van der Waals surface area contributed by atoms with E-state index in [0.717, 1.165) is 30.9 Å². The molecule has 1 saturated heterocycles. The van der Waals surface area contributed by atoms with Crippen LogP contribution in [-0.4, -0.2) is 63.4 Å². The molecule has 2 rings (SSSR count). The molecule has 6 nitrogen and oxygen atoms in total. The second-order valence-corrected chi connectivity index (χ2v) is 5.82. The summed E-state index contributed by atoms with van der Waals surface area (Å²) in [5, 5.41) is 6.23. The van der Waals surface area contributed by atoms with Crippen LogP contribution in [0.4, 0.5) is 0 Å². The number of morpholine rings is 1. The Kier molecular flexibility index (Phi) is 12.6. The number of benzene rings is 1. The Hall–Kier alpha value is -1.05. The lowest BCUT2D eigenvalue weighted by Crippen LogP contribution is -2.49. The minimum absolute atomic E-state index is 0. The summed E-state index contributed by atoms with van der Waals surface area (Å²) in [5.74, 6) is 0.776. The molecule has 1 aromatic carbocycles. The number of likely N-dealkylation sites (N-methyl/N-ethyl adjacent to an activating group) is 1. The van der Waals surface area contributed by atoms with E-state index in [1.54, 1.807) is 7.11 Å². The first-order valence-corrected chi connectivity index (χ1v) is 8.67. The quantitative estimate of drug-likeness (QED) is 0.689. The van der Waals surface area contributed by atoms with Gasteiger partial charge >= 0.3 is 0 Å². The number of carbonyl (C=O) groups is 1. The molecule has 0 radical (unpaired) electrons. The Labute approximate surface area is 168 Å². The minimum Gasteiger partial charge on any atom is -0.497 e. The third-order valence-electron chi connectivity index (χ3n) is 4.42. The number of halogens is 2. The first-order chi connectivity index (χ1) is 11.7. The van der Waals surface area contributed by atoms with Crippen LogP contribution in [-0.2, 0) is 9.53 Å². The van der Waals surface area contributed by atoms with Gasteiger partial charge in [0.15, 0.2) is 0 Å². The average molecular weight is 408 g/mol. The van der Waals surface area contributed by atoms with Gasteiger partial charge in [-0.15, -0.1) is 24.8 Å². The topological polar surface area (TPSA) is 62.8 Å². The molecular formula is C18H31Cl2N3O3. The van der Waals surface area contributed by atoms with Gasteiger partial charge in [-0.3, -0.25) is 9.69 Å².